The van der Waals surface area contributed by atoms with Crippen LogP contribution in [0.3, 0.4) is 0 Å². The molecule has 0 unspecified atom stereocenters. The quantitative estimate of drug-likeness (QED) is 0.660. The minimum absolute atomic E-state index is 0.297. The third kappa shape index (κ3) is 10.1. The third-order valence-corrected chi connectivity index (χ3v) is 1.74. The van der Waals surface area contributed by atoms with Crippen molar-refractivity contribution in [1.29, 1.82) is 0 Å². The second-order valence-corrected chi connectivity index (χ2v) is 2.92. The van der Waals surface area contributed by atoms with Crippen LogP contribution in [0.2, 0.25) is 0 Å². The van der Waals surface area contributed by atoms with E-state index < -0.39 is 6.36 Å². The van der Waals surface area contributed by atoms with Gasteiger partial charge in [-0.25, -0.2) is 0 Å². The Morgan fingerprint density at radius 1 is 1.27 bits per heavy atom. The topological polar surface area (TPSA) is 35.2 Å². The highest BCUT2D eigenvalue weighted by Gasteiger charge is 2.28. The van der Waals surface area contributed by atoms with Crippen LogP contribution in [-0.2, 0) is 4.74 Å². The molecule has 0 aliphatic rings. The number of halogens is 3. The summed E-state index contributed by atoms with van der Waals surface area (Å²) in [6.07, 6.45) is -4.50. The number of rotatable bonds is 5. The molecular weight excluding hydrogens is 179 g/mol. The highest BCUT2D eigenvalue weighted by molar-refractivity contribution is 7.99. The SMILES string of the molecule is NCCSCCOC(F)(F)F. The Morgan fingerprint density at radius 3 is 2.36 bits per heavy atom. The molecule has 0 aromatic heterocycles. The molecule has 0 saturated carbocycles. The van der Waals surface area contributed by atoms with Crippen molar-refractivity contribution in [2.75, 3.05) is 24.7 Å². The lowest BCUT2D eigenvalue weighted by Crippen LogP contribution is -2.15. The van der Waals surface area contributed by atoms with Crippen molar-refractivity contribution in [3.8, 4) is 0 Å². The fraction of sp³-hybridized carbons (Fsp3) is 1.00. The highest BCUT2D eigenvalue weighted by Crippen LogP contribution is 2.16. The number of ether oxygens (including phenoxy) is 1. The predicted octanol–water partition coefficient (Wildman–Crippen LogP) is 1.21. The fourth-order valence-electron chi connectivity index (χ4n) is 0.402. The molecule has 0 atom stereocenters. The van der Waals surface area contributed by atoms with E-state index in [9.17, 15) is 13.2 Å². The van der Waals surface area contributed by atoms with Crippen LogP contribution in [0, 0.1) is 0 Å². The summed E-state index contributed by atoms with van der Waals surface area (Å²) in [5.41, 5.74) is 5.11. The molecule has 0 spiro atoms. The van der Waals surface area contributed by atoms with Crippen molar-refractivity contribution in [3.05, 3.63) is 0 Å². The van der Waals surface area contributed by atoms with Gasteiger partial charge in [0, 0.05) is 18.1 Å². The minimum Gasteiger partial charge on any atom is -0.330 e. The smallest absolute Gasteiger partial charge is 0.330 e. The van der Waals surface area contributed by atoms with E-state index in [1.165, 1.54) is 11.8 Å². The monoisotopic (exact) mass is 189 g/mol. The molecule has 0 fully saturated rings. The van der Waals surface area contributed by atoms with Crippen LogP contribution in [0.15, 0.2) is 0 Å². The molecule has 0 aromatic carbocycles. The molecule has 2 nitrogen and oxygen atoms in total. The van der Waals surface area contributed by atoms with Gasteiger partial charge in [-0.1, -0.05) is 0 Å². The van der Waals surface area contributed by atoms with Gasteiger partial charge < -0.3 is 5.73 Å². The van der Waals surface area contributed by atoms with Gasteiger partial charge >= 0.3 is 6.36 Å². The summed E-state index contributed by atoms with van der Waals surface area (Å²) in [5, 5.41) is 0. The van der Waals surface area contributed by atoms with Crippen LogP contribution in [0.1, 0.15) is 0 Å². The Labute approximate surface area is 67.3 Å². The van der Waals surface area contributed by atoms with Gasteiger partial charge in [-0.15, -0.1) is 13.2 Å². The Morgan fingerprint density at radius 2 is 1.91 bits per heavy atom. The summed E-state index contributed by atoms with van der Waals surface area (Å²) in [6, 6.07) is 0. The second-order valence-electron chi connectivity index (χ2n) is 1.70. The lowest BCUT2D eigenvalue weighted by atomic mass is 10.8. The highest BCUT2D eigenvalue weighted by atomic mass is 32.2. The summed E-state index contributed by atoms with van der Waals surface area (Å²) in [7, 11) is 0. The molecule has 6 heteroatoms. The first-order valence-corrected chi connectivity index (χ1v) is 4.20. The average molecular weight is 189 g/mol. The Hall–Kier alpha value is 0.0600. The number of nitrogens with two attached hydrogens (primary N) is 1. The molecule has 0 aromatic rings. The molecule has 0 amide bonds. The number of hydrogen-bond donors (Lipinski definition) is 1. The predicted molar refractivity (Wildman–Crippen MR) is 38.4 cm³/mol. The van der Waals surface area contributed by atoms with Crippen LogP contribution in [0.25, 0.3) is 0 Å². The van der Waals surface area contributed by atoms with Crippen molar-refractivity contribution in [3.63, 3.8) is 0 Å². The molecule has 11 heavy (non-hydrogen) atoms. The van der Waals surface area contributed by atoms with E-state index in [0.29, 0.717) is 18.1 Å². The molecule has 2 N–H and O–H groups in total. The zero-order chi connectivity index (χ0) is 8.74. The molecular formula is C5H10F3NOS. The summed E-state index contributed by atoms with van der Waals surface area (Å²) in [5.74, 6) is 0.998. The van der Waals surface area contributed by atoms with Crippen molar-refractivity contribution < 1.29 is 17.9 Å². The van der Waals surface area contributed by atoms with Gasteiger partial charge in [0.1, 0.15) is 0 Å². The normalized spacial score (nSPS) is 12.0. The van der Waals surface area contributed by atoms with Gasteiger partial charge in [0.25, 0.3) is 0 Å². The summed E-state index contributed by atoms with van der Waals surface area (Å²) in [4.78, 5) is 0. The molecule has 0 heterocycles. The molecule has 0 aliphatic carbocycles. The van der Waals surface area contributed by atoms with E-state index >= 15 is 0 Å². The van der Waals surface area contributed by atoms with Gasteiger partial charge in [0.2, 0.25) is 0 Å². The lowest BCUT2D eigenvalue weighted by Gasteiger charge is -2.05. The van der Waals surface area contributed by atoms with Crippen LogP contribution in [0.4, 0.5) is 13.2 Å². The van der Waals surface area contributed by atoms with Crippen LogP contribution in [-0.4, -0.2) is 31.0 Å². The van der Waals surface area contributed by atoms with E-state index in [4.69, 9.17) is 5.73 Å². The van der Waals surface area contributed by atoms with E-state index in [2.05, 4.69) is 4.74 Å². The van der Waals surface area contributed by atoms with E-state index in [-0.39, 0.29) is 6.61 Å². The Balaban J connectivity index is 3.02. The zero-order valence-electron chi connectivity index (χ0n) is 5.86. The largest absolute Gasteiger partial charge is 0.522 e. The maximum absolute atomic E-state index is 11.3. The minimum atomic E-state index is -4.50. The molecule has 68 valence electrons. The van der Waals surface area contributed by atoms with Gasteiger partial charge in [-0.05, 0) is 0 Å². The second kappa shape index (κ2) is 5.68. The van der Waals surface area contributed by atoms with Crippen LogP contribution < -0.4 is 5.73 Å². The van der Waals surface area contributed by atoms with Crippen LogP contribution >= 0.6 is 11.8 Å². The number of alkyl halides is 3. The molecule has 0 bridgehead atoms. The van der Waals surface area contributed by atoms with E-state index in [1.807, 2.05) is 0 Å². The molecule has 0 radical (unpaired) electrons. The van der Waals surface area contributed by atoms with Crippen molar-refractivity contribution in [1.82, 2.24) is 0 Å². The number of hydrogen-bond acceptors (Lipinski definition) is 3. The van der Waals surface area contributed by atoms with Gasteiger partial charge in [0.05, 0.1) is 6.61 Å². The van der Waals surface area contributed by atoms with Crippen molar-refractivity contribution in [2.45, 2.75) is 6.36 Å². The van der Waals surface area contributed by atoms with Crippen molar-refractivity contribution in [2.24, 2.45) is 5.73 Å². The summed E-state index contributed by atoms with van der Waals surface area (Å²) < 4.78 is 37.4. The van der Waals surface area contributed by atoms with Crippen LogP contribution in [0.5, 0.6) is 0 Å². The van der Waals surface area contributed by atoms with Gasteiger partial charge in [-0.2, -0.15) is 11.8 Å². The first-order chi connectivity index (χ1) is 5.06. The number of thioether (sulfide) groups is 1. The van der Waals surface area contributed by atoms with E-state index in [1.54, 1.807) is 0 Å². The molecule has 0 aliphatic heterocycles. The summed E-state index contributed by atoms with van der Waals surface area (Å²) in [6.45, 7) is 0.185. The first-order valence-electron chi connectivity index (χ1n) is 3.05. The van der Waals surface area contributed by atoms with Gasteiger partial charge in [-0.3, -0.25) is 4.74 Å². The first kappa shape index (κ1) is 11.1. The third-order valence-electron chi connectivity index (χ3n) is 0.756. The molecule has 0 saturated heterocycles. The Bertz CT molecular complexity index is 98.2. The van der Waals surface area contributed by atoms with E-state index in [0.717, 1.165) is 0 Å². The zero-order valence-corrected chi connectivity index (χ0v) is 6.67. The van der Waals surface area contributed by atoms with Gasteiger partial charge in [0.15, 0.2) is 0 Å². The fourth-order valence-corrected chi connectivity index (χ4v) is 0.974. The maximum atomic E-state index is 11.3. The lowest BCUT2D eigenvalue weighted by molar-refractivity contribution is -0.322. The molecule has 0 rings (SSSR count). The van der Waals surface area contributed by atoms with Crippen molar-refractivity contribution >= 4 is 11.8 Å². The summed E-state index contributed by atoms with van der Waals surface area (Å²) >= 11 is 1.34. The standard InChI is InChI=1S/C5H10F3NOS/c6-5(7,8)10-2-4-11-3-1-9/h1-4,9H2. The Kier molecular flexibility index (Phi) is 5.71. The maximum Gasteiger partial charge on any atom is 0.522 e. The average Bonchev–Trinajstić information content (AvgIpc) is 1.85.